The highest BCUT2D eigenvalue weighted by atomic mass is 79.9. The van der Waals surface area contributed by atoms with E-state index in [-0.39, 0.29) is 17.2 Å². The summed E-state index contributed by atoms with van der Waals surface area (Å²) in [5.41, 5.74) is 2.17. The van der Waals surface area contributed by atoms with Crippen molar-refractivity contribution in [1.82, 2.24) is 9.97 Å². The SMILES string of the molecule is Cc1cc(=O)[nH]c(SCC(=O)Nc2ccc(Br)cc2C)n1. The summed E-state index contributed by atoms with van der Waals surface area (Å²) >= 11 is 4.58. The molecule has 0 spiro atoms. The van der Waals surface area contributed by atoms with Crippen LogP contribution in [0, 0.1) is 13.8 Å². The zero-order valence-electron chi connectivity index (χ0n) is 11.6. The van der Waals surface area contributed by atoms with Gasteiger partial charge < -0.3 is 10.3 Å². The van der Waals surface area contributed by atoms with E-state index in [2.05, 4.69) is 31.2 Å². The van der Waals surface area contributed by atoms with Crippen molar-refractivity contribution < 1.29 is 4.79 Å². The minimum absolute atomic E-state index is 0.144. The molecule has 0 bridgehead atoms. The van der Waals surface area contributed by atoms with Crippen molar-refractivity contribution in [2.75, 3.05) is 11.1 Å². The van der Waals surface area contributed by atoms with E-state index in [4.69, 9.17) is 0 Å². The zero-order valence-corrected chi connectivity index (χ0v) is 14.0. The number of aromatic nitrogens is 2. The van der Waals surface area contributed by atoms with Gasteiger partial charge in [-0.25, -0.2) is 4.98 Å². The van der Waals surface area contributed by atoms with Gasteiger partial charge in [-0.1, -0.05) is 27.7 Å². The Hall–Kier alpha value is -1.60. The predicted molar refractivity (Wildman–Crippen MR) is 87.8 cm³/mol. The van der Waals surface area contributed by atoms with Gasteiger partial charge >= 0.3 is 0 Å². The molecule has 0 radical (unpaired) electrons. The van der Waals surface area contributed by atoms with Crippen LogP contribution in [0.3, 0.4) is 0 Å². The van der Waals surface area contributed by atoms with E-state index in [0.29, 0.717) is 10.9 Å². The van der Waals surface area contributed by atoms with Gasteiger partial charge in [0.25, 0.3) is 5.56 Å². The molecule has 110 valence electrons. The lowest BCUT2D eigenvalue weighted by Crippen LogP contribution is -2.16. The first-order valence-corrected chi connectivity index (χ1v) is 7.98. The van der Waals surface area contributed by atoms with Crippen LogP contribution in [0.4, 0.5) is 5.69 Å². The molecule has 0 aliphatic rings. The summed E-state index contributed by atoms with van der Waals surface area (Å²) in [4.78, 5) is 30.0. The molecule has 21 heavy (non-hydrogen) atoms. The highest BCUT2D eigenvalue weighted by Gasteiger charge is 2.07. The molecule has 2 N–H and O–H groups in total. The molecule has 1 heterocycles. The molecule has 0 fully saturated rings. The van der Waals surface area contributed by atoms with Crippen molar-refractivity contribution in [1.29, 1.82) is 0 Å². The second kappa shape index (κ2) is 6.91. The molecule has 2 rings (SSSR count). The monoisotopic (exact) mass is 367 g/mol. The third-order valence-corrected chi connectivity index (χ3v) is 4.02. The smallest absolute Gasteiger partial charge is 0.251 e. The van der Waals surface area contributed by atoms with Crippen LogP contribution in [0.15, 0.2) is 38.7 Å². The van der Waals surface area contributed by atoms with E-state index in [1.54, 1.807) is 6.92 Å². The molecule has 0 aliphatic heterocycles. The van der Waals surface area contributed by atoms with Crippen LogP contribution in [0.2, 0.25) is 0 Å². The van der Waals surface area contributed by atoms with Crippen molar-refractivity contribution in [2.45, 2.75) is 19.0 Å². The van der Waals surface area contributed by atoms with E-state index < -0.39 is 0 Å². The van der Waals surface area contributed by atoms with Crippen LogP contribution < -0.4 is 10.9 Å². The van der Waals surface area contributed by atoms with Crippen LogP contribution in [0.25, 0.3) is 0 Å². The van der Waals surface area contributed by atoms with Crippen molar-refractivity contribution >= 4 is 39.3 Å². The Labute approximate surface area is 134 Å². The molecule has 0 saturated carbocycles. The van der Waals surface area contributed by atoms with Gasteiger partial charge in [-0.15, -0.1) is 0 Å². The lowest BCUT2D eigenvalue weighted by molar-refractivity contribution is -0.113. The van der Waals surface area contributed by atoms with E-state index in [1.807, 2.05) is 25.1 Å². The Morgan fingerprint density at radius 1 is 1.38 bits per heavy atom. The first kappa shape index (κ1) is 15.8. The highest BCUT2D eigenvalue weighted by molar-refractivity contribution is 9.10. The summed E-state index contributed by atoms with van der Waals surface area (Å²) in [5, 5.41) is 3.28. The van der Waals surface area contributed by atoms with Crippen molar-refractivity contribution in [3.05, 3.63) is 50.3 Å². The van der Waals surface area contributed by atoms with Crippen molar-refractivity contribution in [3.8, 4) is 0 Å². The second-order valence-electron chi connectivity index (χ2n) is 4.49. The van der Waals surface area contributed by atoms with Crippen LogP contribution in [0.1, 0.15) is 11.3 Å². The van der Waals surface area contributed by atoms with Gasteiger partial charge in [0.05, 0.1) is 5.75 Å². The molecular formula is C14H14BrN3O2S. The largest absolute Gasteiger partial charge is 0.325 e. The van der Waals surface area contributed by atoms with Crippen LogP contribution >= 0.6 is 27.7 Å². The molecular weight excluding hydrogens is 354 g/mol. The fourth-order valence-corrected chi connectivity index (χ4v) is 2.90. The summed E-state index contributed by atoms with van der Waals surface area (Å²) in [6, 6.07) is 7.06. The first-order valence-electron chi connectivity index (χ1n) is 6.21. The summed E-state index contributed by atoms with van der Waals surface area (Å²) in [7, 11) is 0. The first-order chi connectivity index (χ1) is 9.94. The summed E-state index contributed by atoms with van der Waals surface area (Å²) in [6.07, 6.45) is 0. The number of nitrogens with one attached hydrogen (secondary N) is 2. The summed E-state index contributed by atoms with van der Waals surface area (Å²) in [5.74, 6) is 0.0385. The Kier molecular flexibility index (Phi) is 5.19. The maximum atomic E-state index is 11.9. The Morgan fingerprint density at radius 2 is 2.14 bits per heavy atom. The third kappa shape index (κ3) is 4.71. The lowest BCUT2D eigenvalue weighted by Gasteiger charge is -2.08. The van der Waals surface area contributed by atoms with E-state index in [1.165, 1.54) is 17.8 Å². The molecule has 0 unspecified atom stereocenters. The number of halogens is 1. The van der Waals surface area contributed by atoms with E-state index >= 15 is 0 Å². The number of aromatic amines is 1. The van der Waals surface area contributed by atoms with Gasteiger partial charge in [0.2, 0.25) is 5.91 Å². The maximum absolute atomic E-state index is 11.9. The second-order valence-corrected chi connectivity index (χ2v) is 6.37. The number of rotatable bonds is 4. The van der Waals surface area contributed by atoms with Crippen molar-refractivity contribution in [2.24, 2.45) is 0 Å². The molecule has 0 saturated heterocycles. The fraction of sp³-hybridized carbons (Fsp3) is 0.214. The number of carbonyl (C=O) groups excluding carboxylic acids is 1. The molecule has 0 aliphatic carbocycles. The van der Waals surface area contributed by atoms with E-state index in [9.17, 15) is 9.59 Å². The predicted octanol–water partition coefficient (Wildman–Crippen LogP) is 2.88. The number of hydrogen-bond donors (Lipinski definition) is 2. The number of thioether (sulfide) groups is 1. The Bertz CT molecular complexity index is 730. The number of benzene rings is 1. The minimum Gasteiger partial charge on any atom is -0.325 e. The van der Waals surface area contributed by atoms with Gasteiger partial charge in [0, 0.05) is 21.9 Å². The minimum atomic E-state index is -0.214. The molecule has 7 heteroatoms. The number of H-pyrrole nitrogens is 1. The Morgan fingerprint density at radius 3 is 2.81 bits per heavy atom. The Balaban J connectivity index is 1.97. The normalized spacial score (nSPS) is 10.4. The molecule has 2 aromatic rings. The molecule has 1 amide bonds. The fourth-order valence-electron chi connectivity index (χ4n) is 1.71. The van der Waals surface area contributed by atoms with Crippen LogP contribution in [-0.4, -0.2) is 21.6 Å². The molecule has 1 aromatic heterocycles. The van der Waals surface area contributed by atoms with Crippen LogP contribution in [0.5, 0.6) is 0 Å². The number of nitrogens with zero attached hydrogens (tertiary/aromatic N) is 1. The number of anilines is 1. The van der Waals surface area contributed by atoms with Gasteiger partial charge in [-0.05, 0) is 37.6 Å². The van der Waals surface area contributed by atoms with Crippen LogP contribution in [-0.2, 0) is 4.79 Å². The average Bonchev–Trinajstić information content (AvgIpc) is 2.39. The standard InChI is InChI=1S/C14H14BrN3O2S/c1-8-5-10(15)3-4-11(8)17-13(20)7-21-14-16-9(2)6-12(19)18-14/h3-6H,7H2,1-2H3,(H,17,20)(H,16,18,19). The van der Waals surface area contributed by atoms with Gasteiger partial charge in [0.15, 0.2) is 5.16 Å². The summed E-state index contributed by atoms with van der Waals surface area (Å²) in [6.45, 7) is 3.66. The molecule has 1 aromatic carbocycles. The number of hydrogen-bond acceptors (Lipinski definition) is 4. The van der Waals surface area contributed by atoms with Gasteiger partial charge in [0.1, 0.15) is 0 Å². The lowest BCUT2D eigenvalue weighted by atomic mass is 10.2. The number of carbonyl (C=O) groups is 1. The van der Waals surface area contributed by atoms with Gasteiger partial charge in [-0.3, -0.25) is 9.59 Å². The highest BCUT2D eigenvalue weighted by Crippen LogP contribution is 2.20. The molecule has 0 atom stereocenters. The third-order valence-electron chi connectivity index (χ3n) is 2.65. The quantitative estimate of drug-likeness (QED) is 0.643. The number of amides is 1. The molecule has 5 nitrogen and oxygen atoms in total. The van der Waals surface area contributed by atoms with Crippen molar-refractivity contribution in [3.63, 3.8) is 0 Å². The summed E-state index contributed by atoms with van der Waals surface area (Å²) < 4.78 is 0.967. The maximum Gasteiger partial charge on any atom is 0.251 e. The van der Waals surface area contributed by atoms with E-state index in [0.717, 1.165) is 15.7 Å². The number of aryl methyl sites for hydroxylation is 2. The van der Waals surface area contributed by atoms with Gasteiger partial charge in [-0.2, -0.15) is 0 Å². The zero-order chi connectivity index (χ0) is 15.4. The average molecular weight is 368 g/mol. The topological polar surface area (TPSA) is 74.8 Å².